The van der Waals surface area contributed by atoms with Gasteiger partial charge < -0.3 is 19.7 Å². The number of fused-ring (bicyclic) bond motifs is 2. The lowest BCUT2D eigenvalue weighted by Crippen LogP contribution is -2.48. The van der Waals surface area contributed by atoms with Crippen LogP contribution in [0.4, 0.5) is 0 Å². The molecule has 1 aliphatic carbocycles. The lowest BCUT2D eigenvalue weighted by Gasteiger charge is -2.41. The first kappa shape index (κ1) is 23.4. The molecule has 36 heavy (non-hydrogen) atoms. The fourth-order valence-electron chi connectivity index (χ4n) is 6.23. The van der Waals surface area contributed by atoms with Crippen molar-refractivity contribution < 1.29 is 14.3 Å². The van der Waals surface area contributed by atoms with E-state index >= 15 is 0 Å². The van der Waals surface area contributed by atoms with Crippen LogP contribution in [-0.4, -0.2) is 66.3 Å². The van der Waals surface area contributed by atoms with Crippen molar-refractivity contribution in [2.24, 2.45) is 17.3 Å². The van der Waals surface area contributed by atoms with Crippen molar-refractivity contribution in [2.75, 3.05) is 39.5 Å². The van der Waals surface area contributed by atoms with E-state index in [1.807, 2.05) is 55.5 Å². The van der Waals surface area contributed by atoms with Crippen LogP contribution < -0.4 is 10.1 Å². The Morgan fingerprint density at radius 2 is 1.81 bits per heavy atom. The summed E-state index contributed by atoms with van der Waals surface area (Å²) in [4.78, 5) is 25.6. The number of carbonyl (C=O) groups is 1. The van der Waals surface area contributed by atoms with Crippen molar-refractivity contribution in [3.05, 3.63) is 54.2 Å². The Morgan fingerprint density at radius 1 is 1.08 bits per heavy atom. The highest BCUT2D eigenvalue weighted by molar-refractivity contribution is 6.05. The average Bonchev–Trinajstić information content (AvgIpc) is 3.40. The summed E-state index contributed by atoms with van der Waals surface area (Å²) in [6.45, 7) is 10.0. The molecule has 1 amide bonds. The van der Waals surface area contributed by atoms with Gasteiger partial charge in [-0.2, -0.15) is 0 Å². The zero-order chi connectivity index (χ0) is 24.7. The van der Waals surface area contributed by atoms with E-state index in [-0.39, 0.29) is 11.9 Å². The quantitative estimate of drug-likeness (QED) is 0.540. The monoisotopic (exact) mass is 486 g/mol. The number of amides is 1. The normalized spacial score (nSPS) is 24.9. The van der Waals surface area contributed by atoms with Crippen LogP contribution >= 0.6 is 0 Å². The SMILES string of the molecule is CCOc1ccc(-c2nc(C(=O)NC3C[C@@H]4CN(CC5(C)COC5)C[C@@H]4C3)c3ccccc3n2)cc1. The van der Waals surface area contributed by atoms with Gasteiger partial charge in [-0.3, -0.25) is 4.79 Å². The Hall–Kier alpha value is -3.03. The smallest absolute Gasteiger partial charge is 0.270 e. The minimum absolute atomic E-state index is 0.109. The van der Waals surface area contributed by atoms with Gasteiger partial charge in [0.15, 0.2) is 5.82 Å². The largest absolute Gasteiger partial charge is 0.494 e. The molecule has 1 saturated carbocycles. The topological polar surface area (TPSA) is 76.6 Å². The Kier molecular flexibility index (Phi) is 6.13. The second-order valence-electron chi connectivity index (χ2n) is 11.0. The van der Waals surface area contributed by atoms with Gasteiger partial charge in [0.2, 0.25) is 0 Å². The number of likely N-dealkylation sites (tertiary alicyclic amines) is 1. The number of nitrogens with one attached hydrogen (secondary N) is 1. The van der Waals surface area contributed by atoms with E-state index in [9.17, 15) is 4.79 Å². The van der Waals surface area contributed by atoms with Crippen molar-refractivity contribution in [2.45, 2.75) is 32.7 Å². The summed E-state index contributed by atoms with van der Waals surface area (Å²) in [5, 5.41) is 4.10. The number of hydrogen-bond donors (Lipinski definition) is 1. The Morgan fingerprint density at radius 3 is 2.47 bits per heavy atom. The Bertz CT molecular complexity index is 1240. The van der Waals surface area contributed by atoms with Gasteiger partial charge >= 0.3 is 0 Å². The van der Waals surface area contributed by atoms with Crippen LogP contribution in [0.5, 0.6) is 5.75 Å². The van der Waals surface area contributed by atoms with Crippen molar-refractivity contribution in [1.29, 1.82) is 0 Å². The van der Waals surface area contributed by atoms with Gasteiger partial charge in [-0.15, -0.1) is 0 Å². The summed E-state index contributed by atoms with van der Waals surface area (Å²) in [7, 11) is 0. The Labute approximate surface area is 212 Å². The van der Waals surface area contributed by atoms with E-state index in [1.165, 1.54) is 0 Å². The first-order chi connectivity index (χ1) is 17.5. The van der Waals surface area contributed by atoms with E-state index < -0.39 is 0 Å². The standard InChI is InChI=1S/C29H34N4O3/c1-3-36-23-10-8-19(9-11-23)27-31-25-7-5-4-6-24(25)26(32-27)28(34)30-22-12-20-14-33(15-21(20)13-22)16-29(2)17-35-18-29/h4-11,20-22H,3,12-18H2,1-2H3,(H,30,34)/t20-,21+,22?. The molecule has 2 aromatic carbocycles. The summed E-state index contributed by atoms with van der Waals surface area (Å²) in [6.07, 6.45) is 2.07. The average molecular weight is 487 g/mol. The number of aromatic nitrogens is 2. The molecule has 0 radical (unpaired) electrons. The maximum atomic E-state index is 13.5. The molecule has 7 heteroatoms. The fourth-order valence-corrected chi connectivity index (χ4v) is 6.23. The van der Waals surface area contributed by atoms with Crippen LogP contribution in [0.1, 0.15) is 37.2 Å². The number of para-hydroxylation sites is 1. The highest BCUT2D eigenvalue weighted by atomic mass is 16.5. The van der Waals surface area contributed by atoms with Crippen molar-refractivity contribution >= 4 is 16.8 Å². The van der Waals surface area contributed by atoms with Crippen LogP contribution in [0.3, 0.4) is 0 Å². The summed E-state index contributed by atoms with van der Waals surface area (Å²) in [5.74, 6) is 2.56. The number of hydrogen-bond acceptors (Lipinski definition) is 6. The molecule has 3 aliphatic rings. The van der Waals surface area contributed by atoms with Gasteiger partial charge in [-0.05, 0) is 61.9 Å². The van der Waals surface area contributed by atoms with Gasteiger partial charge in [0, 0.05) is 42.0 Å². The number of benzene rings is 2. The number of ether oxygens (including phenoxy) is 2. The van der Waals surface area contributed by atoms with Crippen LogP contribution in [0.15, 0.2) is 48.5 Å². The zero-order valence-corrected chi connectivity index (χ0v) is 21.1. The molecule has 1 N–H and O–H groups in total. The first-order valence-electron chi connectivity index (χ1n) is 13.1. The molecule has 3 atom stereocenters. The number of nitrogens with zero attached hydrogens (tertiary/aromatic N) is 3. The third-order valence-electron chi connectivity index (χ3n) is 7.91. The van der Waals surface area contributed by atoms with E-state index in [1.54, 1.807) is 0 Å². The van der Waals surface area contributed by atoms with Gasteiger partial charge in [0.1, 0.15) is 11.4 Å². The van der Waals surface area contributed by atoms with E-state index in [0.29, 0.717) is 35.4 Å². The molecule has 188 valence electrons. The summed E-state index contributed by atoms with van der Waals surface area (Å²) >= 11 is 0. The molecular weight excluding hydrogens is 452 g/mol. The predicted molar refractivity (Wildman–Crippen MR) is 139 cm³/mol. The second-order valence-corrected chi connectivity index (χ2v) is 11.0. The number of rotatable bonds is 7. The molecule has 3 aromatic rings. The van der Waals surface area contributed by atoms with E-state index in [0.717, 1.165) is 67.9 Å². The third kappa shape index (κ3) is 4.58. The van der Waals surface area contributed by atoms with Crippen LogP contribution in [0.2, 0.25) is 0 Å². The molecule has 3 fully saturated rings. The fraction of sp³-hybridized carbons (Fsp3) is 0.483. The molecule has 1 aromatic heterocycles. The lowest BCUT2D eigenvalue weighted by molar-refractivity contribution is -0.113. The van der Waals surface area contributed by atoms with E-state index in [2.05, 4.69) is 17.1 Å². The predicted octanol–water partition coefficient (Wildman–Crippen LogP) is 4.17. The summed E-state index contributed by atoms with van der Waals surface area (Å²) < 4.78 is 11.0. The minimum atomic E-state index is -0.109. The summed E-state index contributed by atoms with van der Waals surface area (Å²) in [6, 6.07) is 15.6. The highest BCUT2D eigenvalue weighted by Crippen LogP contribution is 2.40. The maximum Gasteiger partial charge on any atom is 0.270 e. The summed E-state index contributed by atoms with van der Waals surface area (Å²) in [5.41, 5.74) is 2.40. The molecule has 2 saturated heterocycles. The third-order valence-corrected chi connectivity index (χ3v) is 7.91. The molecule has 7 nitrogen and oxygen atoms in total. The van der Waals surface area contributed by atoms with Gasteiger partial charge in [0.25, 0.3) is 5.91 Å². The van der Waals surface area contributed by atoms with Gasteiger partial charge in [-0.1, -0.05) is 25.1 Å². The Balaban J connectivity index is 1.17. The molecule has 3 heterocycles. The molecule has 0 spiro atoms. The van der Waals surface area contributed by atoms with Crippen molar-refractivity contribution in [3.63, 3.8) is 0 Å². The van der Waals surface area contributed by atoms with Gasteiger partial charge in [-0.25, -0.2) is 9.97 Å². The number of carbonyl (C=O) groups excluding carboxylic acids is 1. The lowest BCUT2D eigenvalue weighted by atomic mass is 9.88. The first-order valence-corrected chi connectivity index (χ1v) is 13.1. The van der Waals surface area contributed by atoms with Crippen LogP contribution in [0, 0.1) is 17.3 Å². The van der Waals surface area contributed by atoms with Gasteiger partial charge in [0.05, 0.1) is 25.3 Å². The van der Waals surface area contributed by atoms with E-state index in [4.69, 9.17) is 19.4 Å². The second kappa shape index (κ2) is 9.45. The molecule has 1 unspecified atom stereocenters. The minimum Gasteiger partial charge on any atom is -0.494 e. The van der Waals surface area contributed by atoms with Crippen molar-refractivity contribution in [1.82, 2.24) is 20.2 Å². The van der Waals surface area contributed by atoms with Crippen LogP contribution in [0.25, 0.3) is 22.3 Å². The highest BCUT2D eigenvalue weighted by Gasteiger charge is 2.44. The molecule has 6 rings (SSSR count). The maximum absolute atomic E-state index is 13.5. The van der Waals surface area contributed by atoms with Crippen LogP contribution in [-0.2, 0) is 4.74 Å². The zero-order valence-electron chi connectivity index (χ0n) is 21.1. The molecular formula is C29H34N4O3. The van der Waals surface area contributed by atoms with Crippen molar-refractivity contribution in [3.8, 4) is 17.1 Å². The molecule has 0 bridgehead atoms. The molecule has 2 aliphatic heterocycles.